The number of furan rings is 1. The topological polar surface area (TPSA) is 146 Å². The molecule has 3 aromatic rings. The molecule has 0 saturated heterocycles. The van der Waals surface area contributed by atoms with Gasteiger partial charge in [-0.05, 0) is 42.7 Å². The van der Waals surface area contributed by atoms with Crippen LogP contribution in [0.5, 0.6) is 0 Å². The lowest BCUT2D eigenvalue weighted by Gasteiger charge is -2.19. The van der Waals surface area contributed by atoms with E-state index in [1.165, 1.54) is 18.2 Å². The minimum absolute atomic E-state index is 0.0212. The smallest absolute Gasteiger partial charge is 0.288 e. The number of amides is 3. The number of carbonyl (C=O) groups is 3. The van der Waals surface area contributed by atoms with Crippen LogP contribution < -0.4 is 10.6 Å². The second kappa shape index (κ2) is 12.1. The van der Waals surface area contributed by atoms with Crippen LogP contribution in [-0.4, -0.2) is 56.4 Å². The molecule has 1 aromatic heterocycles. The van der Waals surface area contributed by atoms with Crippen molar-refractivity contribution in [1.29, 1.82) is 0 Å². The van der Waals surface area contributed by atoms with E-state index in [1.807, 2.05) is 30.3 Å². The summed E-state index contributed by atoms with van der Waals surface area (Å²) in [5.41, 5.74) is 1.50. The molecule has 0 aliphatic rings. The average Bonchev–Trinajstić information content (AvgIpc) is 3.37. The number of hydroxylamine groups is 2. The third-order valence-electron chi connectivity index (χ3n) is 5.41. The summed E-state index contributed by atoms with van der Waals surface area (Å²) in [4.78, 5) is 36.0. The summed E-state index contributed by atoms with van der Waals surface area (Å²) >= 11 is 0. The average molecular weight is 514 g/mol. The summed E-state index contributed by atoms with van der Waals surface area (Å²) in [6.07, 6.45) is 2.27. The number of hydrogen-bond donors (Lipinski definition) is 3. The fourth-order valence-electron chi connectivity index (χ4n) is 3.50. The second-order valence-corrected chi connectivity index (χ2v) is 10.2. The Kier molecular flexibility index (Phi) is 8.98. The molecule has 0 bridgehead atoms. The Hall–Kier alpha value is -3.96. The van der Waals surface area contributed by atoms with Crippen molar-refractivity contribution in [2.45, 2.75) is 17.7 Å². The zero-order chi connectivity index (χ0) is 26.1. The van der Waals surface area contributed by atoms with Crippen molar-refractivity contribution < 1.29 is 32.4 Å². The SMILES string of the molecule is CS(=O)(=O)c1cccc(-c2ccc(C(=O)NCNC(=O)C(CCc3ccccc3)CN(O)C=O)o2)c1. The molecule has 1 heterocycles. The van der Waals surface area contributed by atoms with Gasteiger partial charge in [-0.2, -0.15) is 0 Å². The van der Waals surface area contributed by atoms with Crippen molar-refractivity contribution in [2.24, 2.45) is 5.92 Å². The Morgan fingerprint density at radius 2 is 1.81 bits per heavy atom. The number of aryl methyl sites for hydroxylation is 1. The van der Waals surface area contributed by atoms with Crippen LogP contribution in [0.4, 0.5) is 0 Å². The lowest BCUT2D eigenvalue weighted by Crippen LogP contribution is -2.43. The van der Waals surface area contributed by atoms with Crippen molar-refractivity contribution >= 4 is 28.1 Å². The predicted octanol–water partition coefficient (Wildman–Crippen LogP) is 2.25. The van der Waals surface area contributed by atoms with E-state index in [2.05, 4.69) is 10.6 Å². The van der Waals surface area contributed by atoms with Gasteiger partial charge in [0.05, 0.1) is 24.0 Å². The highest BCUT2D eigenvalue weighted by molar-refractivity contribution is 7.90. The van der Waals surface area contributed by atoms with Gasteiger partial charge < -0.3 is 15.1 Å². The molecule has 1 unspecified atom stereocenters. The number of benzene rings is 2. The van der Waals surface area contributed by atoms with Crippen LogP contribution in [0.3, 0.4) is 0 Å². The summed E-state index contributed by atoms with van der Waals surface area (Å²) in [5, 5.41) is 15.1. The van der Waals surface area contributed by atoms with Gasteiger partial charge in [0.15, 0.2) is 15.6 Å². The highest BCUT2D eigenvalue weighted by atomic mass is 32.2. The van der Waals surface area contributed by atoms with Crippen LogP contribution in [0.1, 0.15) is 22.5 Å². The molecule has 0 radical (unpaired) electrons. The van der Waals surface area contributed by atoms with Gasteiger partial charge in [-0.3, -0.25) is 19.6 Å². The Bertz CT molecular complexity index is 1310. The minimum atomic E-state index is -3.40. The molecule has 11 heteroatoms. The van der Waals surface area contributed by atoms with Gasteiger partial charge in [0.25, 0.3) is 5.91 Å². The maximum atomic E-state index is 12.6. The van der Waals surface area contributed by atoms with Crippen LogP contribution in [-0.2, 0) is 25.8 Å². The summed E-state index contributed by atoms with van der Waals surface area (Å²) in [6.45, 7) is -0.393. The largest absolute Gasteiger partial charge is 0.451 e. The first kappa shape index (κ1) is 26.6. The summed E-state index contributed by atoms with van der Waals surface area (Å²) in [7, 11) is -3.40. The van der Waals surface area contributed by atoms with Crippen LogP contribution in [0.25, 0.3) is 11.3 Å². The van der Waals surface area contributed by atoms with E-state index in [9.17, 15) is 28.0 Å². The molecule has 0 spiro atoms. The fourth-order valence-corrected chi connectivity index (χ4v) is 4.16. The summed E-state index contributed by atoms with van der Waals surface area (Å²) in [5.74, 6) is -1.43. The standard InChI is InChI=1S/C25H27N3O7S/c1-36(33,34)21-9-5-8-19(14-21)22-12-13-23(35-22)25(31)27-16-26-24(30)20(15-28(32)17-29)11-10-18-6-3-2-4-7-18/h2-9,12-14,17,20,32H,10-11,15-16H2,1H3,(H,26,30)(H,27,31). The molecular formula is C25H27N3O7S. The number of carbonyl (C=O) groups excluding carboxylic acids is 3. The maximum absolute atomic E-state index is 12.6. The molecule has 0 aliphatic carbocycles. The molecule has 36 heavy (non-hydrogen) atoms. The molecule has 3 rings (SSSR count). The molecular weight excluding hydrogens is 486 g/mol. The Morgan fingerprint density at radius 3 is 2.50 bits per heavy atom. The van der Waals surface area contributed by atoms with Gasteiger partial charge >= 0.3 is 0 Å². The number of sulfone groups is 1. The molecule has 0 aliphatic heterocycles. The lowest BCUT2D eigenvalue weighted by atomic mass is 9.98. The van der Waals surface area contributed by atoms with E-state index in [4.69, 9.17) is 4.42 Å². The first-order valence-corrected chi connectivity index (χ1v) is 13.0. The van der Waals surface area contributed by atoms with Crippen molar-refractivity contribution in [3.05, 3.63) is 78.1 Å². The van der Waals surface area contributed by atoms with Crippen LogP contribution in [0.2, 0.25) is 0 Å². The van der Waals surface area contributed by atoms with Gasteiger partial charge in [-0.15, -0.1) is 0 Å². The van der Waals surface area contributed by atoms with E-state index in [-0.39, 0.29) is 30.3 Å². The molecule has 3 amide bonds. The predicted molar refractivity (Wildman–Crippen MR) is 131 cm³/mol. The van der Waals surface area contributed by atoms with E-state index >= 15 is 0 Å². The number of nitrogens with one attached hydrogen (secondary N) is 2. The monoisotopic (exact) mass is 513 g/mol. The summed E-state index contributed by atoms with van der Waals surface area (Å²) < 4.78 is 29.1. The summed E-state index contributed by atoms with van der Waals surface area (Å²) in [6, 6.07) is 18.6. The minimum Gasteiger partial charge on any atom is -0.451 e. The van der Waals surface area contributed by atoms with Gasteiger partial charge in [0.2, 0.25) is 12.3 Å². The van der Waals surface area contributed by atoms with Gasteiger partial charge in [0, 0.05) is 11.8 Å². The van der Waals surface area contributed by atoms with E-state index in [1.54, 1.807) is 18.2 Å². The number of hydrogen-bond acceptors (Lipinski definition) is 7. The van der Waals surface area contributed by atoms with Gasteiger partial charge in [0.1, 0.15) is 5.76 Å². The van der Waals surface area contributed by atoms with Crippen LogP contribution in [0.15, 0.2) is 76.0 Å². The zero-order valence-corrected chi connectivity index (χ0v) is 20.4. The third kappa shape index (κ3) is 7.52. The third-order valence-corrected chi connectivity index (χ3v) is 6.52. The fraction of sp³-hybridized carbons (Fsp3) is 0.240. The Morgan fingerprint density at radius 1 is 1.06 bits per heavy atom. The molecule has 0 saturated carbocycles. The van der Waals surface area contributed by atoms with E-state index in [0.717, 1.165) is 11.8 Å². The Labute approximate surface area is 208 Å². The molecule has 3 N–H and O–H groups in total. The number of nitrogens with zero attached hydrogens (tertiary/aromatic N) is 1. The van der Waals surface area contributed by atoms with Crippen LogP contribution >= 0.6 is 0 Å². The maximum Gasteiger partial charge on any atom is 0.288 e. The van der Waals surface area contributed by atoms with Crippen molar-refractivity contribution in [2.75, 3.05) is 19.5 Å². The normalized spacial score (nSPS) is 11.9. The van der Waals surface area contributed by atoms with Crippen molar-refractivity contribution in [3.8, 4) is 11.3 Å². The lowest BCUT2D eigenvalue weighted by molar-refractivity contribution is -0.154. The van der Waals surface area contributed by atoms with E-state index < -0.39 is 27.6 Å². The molecule has 2 aromatic carbocycles. The highest BCUT2D eigenvalue weighted by Gasteiger charge is 2.21. The quantitative estimate of drug-likeness (QED) is 0.146. The van der Waals surface area contributed by atoms with E-state index in [0.29, 0.717) is 29.2 Å². The molecule has 0 fully saturated rings. The molecule has 1 atom stereocenters. The first-order chi connectivity index (χ1) is 17.2. The van der Waals surface area contributed by atoms with Crippen molar-refractivity contribution in [3.63, 3.8) is 0 Å². The van der Waals surface area contributed by atoms with Crippen LogP contribution in [0, 0.1) is 5.92 Å². The first-order valence-electron chi connectivity index (χ1n) is 11.1. The molecule has 10 nitrogen and oxygen atoms in total. The molecule has 190 valence electrons. The Balaban J connectivity index is 1.56. The van der Waals surface area contributed by atoms with Gasteiger partial charge in [-0.1, -0.05) is 42.5 Å². The zero-order valence-electron chi connectivity index (χ0n) is 19.6. The second-order valence-electron chi connectivity index (χ2n) is 8.14. The van der Waals surface area contributed by atoms with Crippen molar-refractivity contribution in [1.82, 2.24) is 15.7 Å². The highest BCUT2D eigenvalue weighted by Crippen LogP contribution is 2.24. The number of rotatable bonds is 12. The van der Waals surface area contributed by atoms with Gasteiger partial charge in [-0.25, -0.2) is 13.5 Å².